The van der Waals surface area contributed by atoms with E-state index in [1.165, 1.54) is 5.56 Å². The number of carbonyl (C=O) groups is 1. The lowest BCUT2D eigenvalue weighted by Gasteiger charge is -2.18. The fraction of sp³-hybridized carbons (Fsp3) is 0.389. The number of nitrogens with zero attached hydrogens (tertiary/aromatic N) is 3. The fourth-order valence-corrected chi connectivity index (χ4v) is 2.43. The molecule has 0 saturated carbocycles. The third-order valence-electron chi connectivity index (χ3n) is 3.79. The third kappa shape index (κ3) is 5.03. The van der Waals surface area contributed by atoms with Gasteiger partial charge in [-0.15, -0.1) is 0 Å². The number of carbonyl (C=O) groups excluding carboxylic acids is 1. The molecule has 6 heteroatoms. The minimum absolute atomic E-state index is 0.216. The average Bonchev–Trinajstić information content (AvgIpc) is 2.57. The molecular formula is C18H25N5O. The molecule has 1 heterocycles. The maximum absolute atomic E-state index is 12.2. The normalized spacial score (nSPS) is 10.7. The Kier molecular flexibility index (Phi) is 6.26. The van der Waals surface area contributed by atoms with Crippen molar-refractivity contribution in [3.63, 3.8) is 0 Å². The number of rotatable bonds is 7. The molecule has 6 nitrogen and oxygen atoms in total. The van der Waals surface area contributed by atoms with Crippen molar-refractivity contribution in [1.29, 1.82) is 0 Å². The highest BCUT2D eigenvalue weighted by atomic mass is 16.2. The van der Waals surface area contributed by atoms with Gasteiger partial charge in [-0.1, -0.05) is 26.0 Å². The molecule has 1 amide bonds. The molecule has 1 aromatic heterocycles. The van der Waals surface area contributed by atoms with Crippen LogP contribution >= 0.6 is 0 Å². The lowest BCUT2D eigenvalue weighted by atomic mass is 10.1. The Hall–Kier alpha value is -2.47. The summed E-state index contributed by atoms with van der Waals surface area (Å²) in [5, 5.41) is 0. The van der Waals surface area contributed by atoms with Gasteiger partial charge in [0.2, 0.25) is 5.95 Å². The Morgan fingerprint density at radius 3 is 2.17 bits per heavy atom. The number of amides is 1. The first-order valence-electron chi connectivity index (χ1n) is 8.21. The van der Waals surface area contributed by atoms with Gasteiger partial charge in [0.05, 0.1) is 0 Å². The Bertz CT molecular complexity index is 660. The third-order valence-corrected chi connectivity index (χ3v) is 3.79. The molecule has 0 bridgehead atoms. The fourth-order valence-electron chi connectivity index (χ4n) is 2.43. The van der Waals surface area contributed by atoms with E-state index >= 15 is 0 Å². The van der Waals surface area contributed by atoms with Crippen molar-refractivity contribution >= 4 is 11.9 Å². The zero-order valence-electron chi connectivity index (χ0n) is 14.8. The lowest BCUT2D eigenvalue weighted by molar-refractivity contribution is 0.0962. The first-order valence-corrected chi connectivity index (χ1v) is 8.21. The smallest absolute Gasteiger partial charge is 0.269 e. The molecule has 0 fully saturated rings. The molecule has 2 N–H and O–H groups in total. The van der Waals surface area contributed by atoms with E-state index in [0.29, 0.717) is 11.5 Å². The number of benzene rings is 1. The van der Waals surface area contributed by atoms with Crippen LogP contribution in [0.3, 0.4) is 0 Å². The predicted molar refractivity (Wildman–Crippen MR) is 95.7 cm³/mol. The molecule has 0 spiro atoms. The largest absolute Gasteiger partial charge is 0.300 e. The van der Waals surface area contributed by atoms with Gasteiger partial charge < -0.3 is 0 Å². The monoisotopic (exact) mass is 327 g/mol. The quantitative estimate of drug-likeness (QED) is 0.765. The molecule has 0 aliphatic heterocycles. The summed E-state index contributed by atoms with van der Waals surface area (Å²) in [6.45, 7) is 11.0. The summed E-state index contributed by atoms with van der Waals surface area (Å²) in [6, 6.07) is 9.51. The number of aryl methyl sites for hydroxylation is 2. The van der Waals surface area contributed by atoms with Crippen LogP contribution in [0.5, 0.6) is 0 Å². The summed E-state index contributed by atoms with van der Waals surface area (Å²) in [5.74, 6) is 0.172. The van der Waals surface area contributed by atoms with Crippen LogP contribution in [0.4, 0.5) is 5.95 Å². The lowest BCUT2D eigenvalue weighted by Crippen LogP contribution is -2.30. The second-order valence-corrected chi connectivity index (χ2v) is 5.71. The maximum Gasteiger partial charge on any atom is 0.269 e. The summed E-state index contributed by atoms with van der Waals surface area (Å²) in [4.78, 5) is 23.0. The standard InChI is InChI=1S/C18H25N5O/c1-5-23(6-2)12-15-7-9-16(10-8-15)17(24)21-22-18-19-13(3)11-14(4)20-18/h7-11H,5-6,12H2,1-4H3,(H,21,24)(H,19,20,22). The van der Waals surface area contributed by atoms with Crippen LogP contribution in [0, 0.1) is 13.8 Å². The summed E-state index contributed by atoms with van der Waals surface area (Å²) in [7, 11) is 0. The van der Waals surface area contributed by atoms with Crippen LogP contribution in [0.1, 0.15) is 41.2 Å². The maximum atomic E-state index is 12.2. The summed E-state index contributed by atoms with van der Waals surface area (Å²) in [5.41, 5.74) is 8.87. The second-order valence-electron chi connectivity index (χ2n) is 5.71. The van der Waals surface area contributed by atoms with Crippen molar-refractivity contribution in [2.45, 2.75) is 34.2 Å². The van der Waals surface area contributed by atoms with Crippen molar-refractivity contribution in [2.75, 3.05) is 18.5 Å². The van der Waals surface area contributed by atoms with Gasteiger partial charge in [-0.05, 0) is 50.7 Å². The predicted octanol–water partition coefficient (Wildman–Crippen LogP) is 2.69. The highest BCUT2D eigenvalue weighted by molar-refractivity contribution is 5.94. The number of aromatic nitrogens is 2. The molecule has 0 unspecified atom stereocenters. The highest BCUT2D eigenvalue weighted by Gasteiger charge is 2.07. The van der Waals surface area contributed by atoms with Crippen LogP contribution < -0.4 is 10.9 Å². The minimum Gasteiger partial charge on any atom is -0.300 e. The van der Waals surface area contributed by atoms with Crippen LogP contribution in [-0.4, -0.2) is 33.9 Å². The molecule has 0 saturated heterocycles. The number of hydrazine groups is 1. The van der Waals surface area contributed by atoms with E-state index in [1.54, 1.807) is 0 Å². The van der Waals surface area contributed by atoms with Gasteiger partial charge >= 0.3 is 0 Å². The molecule has 0 atom stereocenters. The zero-order valence-corrected chi connectivity index (χ0v) is 14.8. The zero-order chi connectivity index (χ0) is 17.5. The molecule has 2 aromatic rings. The van der Waals surface area contributed by atoms with Crippen LogP contribution in [0.25, 0.3) is 0 Å². The second kappa shape index (κ2) is 8.40. The van der Waals surface area contributed by atoms with Gasteiger partial charge in [0, 0.05) is 23.5 Å². The van der Waals surface area contributed by atoms with Gasteiger partial charge in [-0.2, -0.15) is 0 Å². The van der Waals surface area contributed by atoms with Crippen LogP contribution in [-0.2, 0) is 6.54 Å². The molecule has 0 aliphatic carbocycles. The summed E-state index contributed by atoms with van der Waals surface area (Å²) < 4.78 is 0. The van der Waals surface area contributed by atoms with Gasteiger partial charge in [0.15, 0.2) is 0 Å². The van der Waals surface area contributed by atoms with Crippen LogP contribution in [0.2, 0.25) is 0 Å². The van der Waals surface area contributed by atoms with E-state index in [1.807, 2.05) is 44.2 Å². The van der Waals surface area contributed by atoms with E-state index < -0.39 is 0 Å². The molecule has 2 rings (SSSR count). The van der Waals surface area contributed by atoms with E-state index in [2.05, 4.69) is 39.6 Å². The van der Waals surface area contributed by atoms with Gasteiger partial charge in [0.25, 0.3) is 5.91 Å². The van der Waals surface area contributed by atoms with Crippen molar-refractivity contribution in [3.8, 4) is 0 Å². The Labute approximate surface area is 143 Å². The van der Waals surface area contributed by atoms with Gasteiger partial charge in [-0.3, -0.25) is 20.5 Å². The first kappa shape index (κ1) is 17.9. The Balaban J connectivity index is 1.95. The van der Waals surface area contributed by atoms with Crippen molar-refractivity contribution in [3.05, 3.63) is 52.8 Å². The number of hydrogen-bond acceptors (Lipinski definition) is 5. The number of anilines is 1. The summed E-state index contributed by atoms with van der Waals surface area (Å²) in [6.07, 6.45) is 0. The van der Waals surface area contributed by atoms with Crippen molar-refractivity contribution < 1.29 is 4.79 Å². The molecule has 0 aliphatic rings. The molecule has 128 valence electrons. The minimum atomic E-state index is -0.216. The number of hydrogen-bond donors (Lipinski definition) is 2. The molecule has 0 radical (unpaired) electrons. The number of nitrogens with one attached hydrogen (secondary N) is 2. The van der Waals surface area contributed by atoms with Gasteiger partial charge in [0.1, 0.15) is 0 Å². The Morgan fingerprint density at radius 2 is 1.62 bits per heavy atom. The SMILES string of the molecule is CCN(CC)Cc1ccc(C(=O)NNc2nc(C)cc(C)n2)cc1. The van der Waals surface area contributed by atoms with Crippen molar-refractivity contribution in [2.24, 2.45) is 0 Å². The van der Waals surface area contributed by atoms with E-state index in [4.69, 9.17) is 0 Å². The Morgan fingerprint density at radius 1 is 1.04 bits per heavy atom. The van der Waals surface area contributed by atoms with E-state index in [0.717, 1.165) is 31.0 Å². The summed E-state index contributed by atoms with van der Waals surface area (Å²) >= 11 is 0. The van der Waals surface area contributed by atoms with E-state index in [-0.39, 0.29) is 5.91 Å². The van der Waals surface area contributed by atoms with Crippen LogP contribution in [0.15, 0.2) is 30.3 Å². The van der Waals surface area contributed by atoms with Crippen molar-refractivity contribution in [1.82, 2.24) is 20.3 Å². The van der Waals surface area contributed by atoms with E-state index in [9.17, 15) is 4.79 Å². The molecular weight excluding hydrogens is 302 g/mol. The highest BCUT2D eigenvalue weighted by Crippen LogP contribution is 2.08. The topological polar surface area (TPSA) is 70.2 Å². The van der Waals surface area contributed by atoms with Gasteiger partial charge in [-0.25, -0.2) is 9.97 Å². The first-order chi connectivity index (χ1) is 11.5. The average molecular weight is 327 g/mol. The molecule has 1 aromatic carbocycles. The molecule has 24 heavy (non-hydrogen) atoms.